The molecule has 0 spiro atoms. The lowest BCUT2D eigenvalue weighted by Crippen LogP contribution is -2.24. The number of hydrogen-bond acceptors (Lipinski definition) is 4. The molecule has 2 aromatic heterocycles. The summed E-state index contributed by atoms with van der Waals surface area (Å²) < 4.78 is 42.2. The fraction of sp³-hybridized carbons (Fsp3) is 0.583. The van der Waals surface area contributed by atoms with Crippen molar-refractivity contribution in [1.29, 1.82) is 0 Å². The number of halogens is 3. The van der Waals surface area contributed by atoms with E-state index >= 15 is 0 Å². The molecule has 2 aromatic rings. The topological polar surface area (TPSA) is 38.6 Å². The average molecular weight is 307 g/mol. The zero-order valence-electron chi connectivity index (χ0n) is 11.3. The highest BCUT2D eigenvalue weighted by Crippen LogP contribution is 2.20. The molecule has 0 fully saturated rings. The Morgan fingerprint density at radius 3 is 2.85 bits per heavy atom. The molecule has 0 saturated carbocycles. The van der Waals surface area contributed by atoms with Gasteiger partial charge in [0.25, 0.3) is 0 Å². The zero-order valence-corrected chi connectivity index (χ0v) is 12.1. The molecule has 0 bridgehead atoms. The number of hydrogen-bond donors (Lipinski definition) is 1. The van der Waals surface area contributed by atoms with E-state index in [2.05, 4.69) is 19.4 Å². The maximum Gasteiger partial charge on any atom is 0.411 e. The van der Waals surface area contributed by atoms with E-state index in [-0.39, 0.29) is 6.61 Å². The first-order valence-electron chi connectivity index (χ1n) is 6.16. The Labute approximate surface area is 118 Å². The zero-order chi connectivity index (χ0) is 14.8. The summed E-state index contributed by atoms with van der Waals surface area (Å²) in [6, 6.07) is 0. The number of aryl methyl sites for hydroxylation is 2. The first-order chi connectivity index (χ1) is 9.38. The van der Waals surface area contributed by atoms with Crippen LogP contribution in [0.5, 0.6) is 0 Å². The first-order valence-corrected chi connectivity index (χ1v) is 7.03. The van der Waals surface area contributed by atoms with Crippen LogP contribution in [0.25, 0.3) is 4.96 Å². The van der Waals surface area contributed by atoms with Gasteiger partial charge in [0.05, 0.1) is 18.0 Å². The van der Waals surface area contributed by atoms with Crippen molar-refractivity contribution < 1.29 is 17.9 Å². The second-order valence-electron chi connectivity index (χ2n) is 4.48. The van der Waals surface area contributed by atoms with Crippen LogP contribution >= 0.6 is 11.3 Å². The highest BCUT2D eigenvalue weighted by atomic mass is 32.1. The average Bonchev–Trinajstić information content (AvgIpc) is 2.83. The van der Waals surface area contributed by atoms with Crippen molar-refractivity contribution in [2.75, 3.05) is 19.8 Å². The lowest BCUT2D eigenvalue weighted by atomic mass is 10.3. The van der Waals surface area contributed by atoms with Crippen molar-refractivity contribution in [1.82, 2.24) is 14.7 Å². The summed E-state index contributed by atoms with van der Waals surface area (Å²) >= 11 is 1.57. The summed E-state index contributed by atoms with van der Waals surface area (Å²) in [5.74, 6) is 0. The standard InChI is InChI=1S/C12H16F3N3OS/c1-8-6-20-11-17-9(2)10(18(8)11)5-16-3-4-19-7-12(13,14)15/h6,16H,3-5,7H2,1-2H3. The van der Waals surface area contributed by atoms with Crippen LogP contribution in [0.15, 0.2) is 5.38 Å². The highest BCUT2D eigenvalue weighted by Gasteiger charge is 2.27. The largest absolute Gasteiger partial charge is 0.411 e. The Hall–Kier alpha value is -1.12. The SMILES string of the molecule is Cc1nc2scc(C)n2c1CNCCOCC(F)(F)F. The summed E-state index contributed by atoms with van der Waals surface area (Å²) in [6.07, 6.45) is -4.26. The van der Waals surface area contributed by atoms with Gasteiger partial charge < -0.3 is 10.1 Å². The second kappa shape index (κ2) is 6.11. The van der Waals surface area contributed by atoms with Crippen LogP contribution in [0.3, 0.4) is 0 Å². The third-order valence-corrected chi connectivity index (χ3v) is 3.75. The Morgan fingerprint density at radius 2 is 2.15 bits per heavy atom. The minimum atomic E-state index is -4.26. The molecule has 0 unspecified atom stereocenters. The Balaban J connectivity index is 1.81. The quantitative estimate of drug-likeness (QED) is 0.834. The van der Waals surface area contributed by atoms with Gasteiger partial charge in [-0.3, -0.25) is 4.40 Å². The predicted octanol–water partition coefficient (Wildman–Crippen LogP) is 2.68. The molecule has 0 aromatic carbocycles. The van der Waals surface area contributed by atoms with Crippen LogP contribution in [0.2, 0.25) is 0 Å². The Bertz CT molecular complexity index is 576. The number of aromatic nitrogens is 2. The van der Waals surface area contributed by atoms with Gasteiger partial charge in [0.15, 0.2) is 4.96 Å². The third kappa shape index (κ3) is 3.71. The molecule has 0 aliphatic heterocycles. The number of imidazole rings is 1. The van der Waals surface area contributed by atoms with E-state index in [1.165, 1.54) is 0 Å². The minimum Gasteiger partial charge on any atom is -0.371 e. The van der Waals surface area contributed by atoms with Gasteiger partial charge in [-0.05, 0) is 13.8 Å². The second-order valence-corrected chi connectivity index (χ2v) is 5.32. The van der Waals surface area contributed by atoms with Crippen molar-refractivity contribution in [2.24, 2.45) is 0 Å². The van der Waals surface area contributed by atoms with E-state index in [4.69, 9.17) is 0 Å². The van der Waals surface area contributed by atoms with E-state index in [9.17, 15) is 13.2 Å². The minimum absolute atomic E-state index is 0.0309. The van der Waals surface area contributed by atoms with Crippen molar-refractivity contribution in [3.05, 3.63) is 22.5 Å². The number of nitrogens with one attached hydrogen (secondary N) is 1. The van der Waals surface area contributed by atoms with Crippen molar-refractivity contribution in [3.8, 4) is 0 Å². The van der Waals surface area contributed by atoms with Gasteiger partial charge in [-0.15, -0.1) is 11.3 Å². The molecular formula is C12H16F3N3OS. The van der Waals surface area contributed by atoms with E-state index in [0.717, 1.165) is 22.0 Å². The lowest BCUT2D eigenvalue weighted by molar-refractivity contribution is -0.173. The maximum absolute atomic E-state index is 11.9. The fourth-order valence-corrected chi connectivity index (χ4v) is 2.85. The molecule has 112 valence electrons. The Morgan fingerprint density at radius 1 is 1.40 bits per heavy atom. The highest BCUT2D eigenvalue weighted by molar-refractivity contribution is 7.15. The smallest absolute Gasteiger partial charge is 0.371 e. The number of rotatable bonds is 6. The normalized spacial score (nSPS) is 12.4. The molecule has 0 aliphatic rings. The number of fused-ring (bicyclic) bond motifs is 1. The van der Waals surface area contributed by atoms with Crippen LogP contribution in [0.4, 0.5) is 13.2 Å². The first kappa shape index (κ1) is 15.3. The molecule has 1 N–H and O–H groups in total. The lowest BCUT2D eigenvalue weighted by Gasteiger charge is -2.09. The molecule has 0 amide bonds. The summed E-state index contributed by atoms with van der Waals surface area (Å²) in [6.45, 7) is 3.68. The van der Waals surface area contributed by atoms with Crippen molar-refractivity contribution in [2.45, 2.75) is 26.6 Å². The van der Waals surface area contributed by atoms with E-state index in [1.807, 2.05) is 19.2 Å². The summed E-state index contributed by atoms with van der Waals surface area (Å²) in [5.41, 5.74) is 3.08. The van der Waals surface area contributed by atoms with Gasteiger partial charge in [-0.1, -0.05) is 0 Å². The Kier molecular flexibility index (Phi) is 4.66. The third-order valence-electron chi connectivity index (χ3n) is 2.81. The van der Waals surface area contributed by atoms with Gasteiger partial charge in [-0.2, -0.15) is 13.2 Å². The van der Waals surface area contributed by atoms with E-state index < -0.39 is 12.8 Å². The van der Waals surface area contributed by atoms with Gasteiger partial charge in [-0.25, -0.2) is 4.98 Å². The summed E-state index contributed by atoms with van der Waals surface area (Å²) in [7, 11) is 0. The predicted molar refractivity (Wildman–Crippen MR) is 71.1 cm³/mol. The van der Waals surface area contributed by atoms with Gasteiger partial charge in [0.2, 0.25) is 0 Å². The molecule has 8 heteroatoms. The summed E-state index contributed by atoms with van der Waals surface area (Å²) in [4.78, 5) is 5.38. The molecule has 0 saturated heterocycles. The molecule has 2 rings (SSSR count). The molecule has 0 atom stereocenters. The summed E-state index contributed by atoms with van der Waals surface area (Å²) in [5, 5.41) is 5.10. The number of nitrogens with zero attached hydrogens (tertiary/aromatic N) is 2. The molecular weight excluding hydrogens is 291 g/mol. The van der Waals surface area contributed by atoms with Crippen LogP contribution in [-0.2, 0) is 11.3 Å². The number of alkyl halides is 3. The van der Waals surface area contributed by atoms with Crippen LogP contribution < -0.4 is 5.32 Å². The molecule has 0 aliphatic carbocycles. The molecule has 4 nitrogen and oxygen atoms in total. The van der Waals surface area contributed by atoms with E-state index in [1.54, 1.807) is 11.3 Å². The molecule has 2 heterocycles. The maximum atomic E-state index is 11.9. The van der Waals surface area contributed by atoms with Crippen LogP contribution in [0, 0.1) is 13.8 Å². The van der Waals surface area contributed by atoms with Crippen LogP contribution in [0.1, 0.15) is 17.1 Å². The monoisotopic (exact) mass is 307 g/mol. The molecule has 0 radical (unpaired) electrons. The van der Waals surface area contributed by atoms with Crippen molar-refractivity contribution in [3.63, 3.8) is 0 Å². The van der Waals surface area contributed by atoms with Crippen LogP contribution in [-0.4, -0.2) is 35.3 Å². The van der Waals surface area contributed by atoms with Gasteiger partial charge in [0.1, 0.15) is 6.61 Å². The fourth-order valence-electron chi connectivity index (χ4n) is 1.91. The molecule has 20 heavy (non-hydrogen) atoms. The van der Waals surface area contributed by atoms with Gasteiger partial charge >= 0.3 is 6.18 Å². The van der Waals surface area contributed by atoms with Crippen molar-refractivity contribution >= 4 is 16.3 Å². The van der Waals surface area contributed by atoms with E-state index in [0.29, 0.717) is 13.1 Å². The number of ether oxygens (including phenoxy) is 1. The number of thiazole rings is 1. The van der Waals surface area contributed by atoms with Gasteiger partial charge in [0, 0.05) is 24.2 Å².